The Bertz CT molecular complexity index is 1100. The predicted octanol–water partition coefficient (Wildman–Crippen LogP) is 6.57. The third-order valence-electron chi connectivity index (χ3n) is 6.09. The van der Waals surface area contributed by atoms with Gasteiger partial charge in [0.25, 0.3) is 5.69 Å². The van der Waals surface area contributed by atoms with Crippen molar-refractivity contribution < 1.29 is 22.8 Å². The number of hydrogen-bond donors (Lipinski definition) is 1. The second-order valence-corrected chi connectivity index (χ2v) is 9.08. The average Bonchev–Trinajstić information content (AvgIpc) is 2.75. The van der Waals surface area contributed by atoms with E-state index in [0.29, 0.717) is 23.3 Å². The van der Waals surface area contributed by atoms with E-state index in [0.717, 1.165) is 42.8 Å². The molecule has 1 aliphatic rings. The van der Waals surface area contributed by atoms with Gasteiger partial charge in [0.1, 0.15) is 11.4 Å². The number of rotatable bonds is 7. The van der Waals surface area contributed by atoms with Crippen LogP contribution < -0.4 is 15.1 Å². The van der Waals surface area contributed by atoms with Crippen molar-refractivity contribution in [2.24, 2.45) is 5.10 Å². The van der Waals surface area contributed by atoms with Gasteiger partial charge in [0.05, 0.1) is 23.8 Å². The van der Waals surface area contributed by atoms with Gasteiger partial charge in [-0.1, -0.05) is 13.8 Å². The molecule has 2 aromatic carbocycles. The normalized spacial score (nSPS) is 17.5. The van der Waals surface area contributed by atoms with E-state index in [1.165, 1.54) is 6.21 Å². The van der Waals surface area contributed by atoms with Crippen molar-refractivity contribution in [3.63, 3.8) is 0 Å². The van der Waals surface area contributed by atoms with Gasteiger partial charge in [-0.05, 0) is 56.4 Å². The molecule has 1 N–H and O–H groups in total. The SMILES string of the molecule is CCCN1c2cc(OC)c(/C=N/Nc3ccc(C(F)(F)F)cc3[N+](=O)[O-])cc2C(C)CC1(C)C. The van der Waals surface area contributed by atoms with Crippen molar-refractivity contribution >= 4 is 23.3 Å². The van der Waals surface area contributed by atoms with Crippen LogP contribution in [0.2, 0.25) is 0 Å². The van der Waals surface area contributed by atoms with E-state index in [4.69, 9.17) is 4.74 Å². The number of hydrogen-bond acceptors (Lipinski definition) is 6. The first-order valence-corrected chi connectivity index (χ1v) is 11.0. The van der Waals surface area contributed by atoms with Crippen LogP contribution in [0.4, 0.5) is 30.2 Å². The van der Waals surface area contributed by atoms with Crippen molar-refractivity contribution in [3.05, 3.63) is 57.1 Å². The van der Waals surface area contributed by atoms with Gasteiger partial charge < -0.3 is 9.64 Å². The fourth-order valence-corrected chi connectivity index (χ4v) is 4.58. The Balaban J connectivity index is 1.95. The Kier molecular flexibility index (Phi) is 7.09. The van der Waals surface area contributed by atoms with Gasteiger partial charge in [-0.25, -0.2) is 0 Å². The van der Waals surface area contributed by atoms with E-state index < -0.39 is 22.4 Å². The molecule has 0 bridgehead atoms. The zero-order valence-electron chi connectivity index (χ0n) is 19.9. The first-order valence-electron chi connectivity index (χ1n) is 11.0. The van der Waals surface area contributed by atoms with E-state index >= 15 is 0 Å². The first kappa shape index (κ1) is 25.3. The molecule has 0 fully saturated rings. The number of methoxy groups -OCH3 is 1. The number of fused-ring (bicyclic) bond motifs is 1. The smallest absolute Gasteiger partial charge is 0.416 e. The van der Waals surface area contributed by atoms with E-state index in [9.17, 15) is 23.3 Å². The van der Waals surface area contributed by atoms with Gasteiger partial charge in [-0.3, -0.25) is 15.5 Å². The monoisotopic (exact) mass is 478 g/mol. The van der Waals surface area contributed by atoms with Gasteiger partial charge >= 0.3 is 6.18 Å². The standard InChI is InChI=1S/C24H29F3N4O3/c1-6-9-30-20-12-22(34-5)16(10-18(20)15(2)13-23(30,3)4)14-28-29-19-8-7-17(24(25,26)27)11-21(19)31(32)33/h7-8,10-12,14-15,29H,6,9,13H2,1-5H3/b28-14+. The van der Waals surface area contributed by atoms with E-state index in [-0.39, 0.29) is 11.2 Å². The van der Waals surface area contributed by atoms with Gasteiger partial charge in [0.2, 0.25) is 0 Å². The fourth-order valence-electron chi connectivity index (χ4n) is 4.58. The Morgan fingerprint density at radius 1 is 1.32 bits per heavy atom. The quantitative estimate of drug-likeness (QED) is 0.277. The number of nitro groups is 1. The summed E-state index contributed by atoms with van der Waals surface area (Å²) in [6, 6.07) is 6.22. The molecule has 0 spiro atoms. The molecule has 3 rings (SSSR count). The second-order valence-electron chi connectivity index (χ2n) is 9.08. The summed E-state index contributed by atoms with van der Waals surface area (Å²) in [6.07, 6.45) is -1.26. The number of anilines is 2. The molecule has 2 aromatic rings. The lowest BCUT2D eigenvalue weighted by atomic mass is 9.79. The summed E-state index contributed by atoms with van der Waals surface area (Å²) in [4.78, 5) is 12.8. The Hall–Kier alpha value is -3.30. The number of ether oxygens (including phenoxy) is 1. The molecule has 0 saturated carbocycles. The van der Waals surface area contributed by atoms with Crippen molar-refractivity contribution in [1.82, 2.24) is 0 Å². The molecule has 34 heavy (non-hydrogen) atoms. The number of nitro benzene ring substituents is 1. The topological polar surface area (TPSA) is 80.0 Å². The Morgan fingerprint density at radius 3 is 2.62 bits per heavy atom. The highest BCUT2D eigenvalue weighted by Crippen LogP contribution is 2.45. The number of nitrogens with zero attached hydrogens (tertiary/aromatic N) is 3. The molecule has 1 heterocycles. The molecule has 1 atom stereocenters. The number of benzene rings is 2. The molecule has 7 nitrogen and oxygen atoms in total. The minimum Gasteiger partial charge on any atom is -0.496 e. The van der Waals surface area contributed by atoms with Gasteiger partial charge in [0, 0.05) is 35.5 Å². The third-order valence-corrected chi connectivity index (χ3v) is 6.09. The summed E-state index contributed by atoms with van der Waals surface area (Å²) >= 11 is 0. The molecule has 0 aromatic heterocycles. The lowest BCUT2D eigenvalue weighted by Gasteiger charge is -2.47. The first-order chi connectivity index (χ1) is 15.9. The second kappa shape index (κ2) is 9.52. The van der Waals surface area contributed by atoms with Gasteiger partial charge in [-0.2, -0.15) is 18.3 Å². The molecular weight excluding hydrogens is 449 g/mol. The van der Waals surface area contributed by atoms with Crippen molar-refractivity contribution in [1.29, 1.82) is 0 Å². The number of alkyl halides is 3. The highest BCUT2D eigenvalue weighted by Gasteiger charge is 2.36. The molecule has 0 radical (unpaired) electrons. The maximum Gasteiger partial charge on any atom is 0.416 e. The van der Waals surface area contributed by atoms with Crippen LogP contribution in [0.5, 0.6) is 5.75 Å². The van der Waals surface area contributed by atoms with Crippen molar-refractivity contribution in [3.8, 4) is 5.75 Å². The molecule has 1 aliphatic heterocycles. The van der Waals surface area contributed by atoms with Crippen LogP contribution in [0.15, 0.2) is 35.4 Å². The van der Waals surface area contributed by atoms with Crippen molar-refractivity contribution in [2.45, 2.75) is 58.2 Å². The summed E-state index contributed by atoms with van der Waals surface area (Å²) in [5, 5.41) is 15.3. The van der Waals surface area contributed by atoms with Crippen LogP contribution in [0.25, 0.3) is 0 Å². The van der Waals surface area contributed by atoms with Crippen LogP contribution in [0.3, 0.4) is 0 Å². The largest absolute Gasteiger partial charge is 0.496 e. The van der Waals surface area contributed by atoms with E-state index in [1.54, 1.807) is 7.11 Å². The van der Waals surface area contributed by atoms with Gasteiger partial charge in [-0.15, -0.1) is 0 Å². The number of nitrogens with one attached hydrogen (secondary N) is 1. The minimum atomic E-state index is -4.68. The molecule has 0 saturated heterocycles. The summed E-state index contributed by atoms with van der Waals surface area (Å²) in [7, 11) is 1.55. The summed E-state index contributed by atoms with van der Waals surface area (Å²) in [5.41, 5.74) is 3.45. The summed E-state index contributed by atoms with van der Waals surface area (Å²) in [6.45, 7) is 9.66. The molecular formula is C24H29F3N4O3. The summed E-state index contributed by atoms with van der Waals surface area (Å²) < 4.78 is 44.4. The van der Waals surface area contributed by atoms with Crippen LogP contribution >= 0.6 is 0 Å². The molecule has 10 heteroatoms. The third kappa shape index (κ3) is 5.10. The fraction of sp³-hybridized carbons (Fsp3) is 0.458. The molecule has 1 unspecified atom stereocenters. The molecule has 184 valence electrons. The van der Waals surface area contributed by atoms with Crippen LogP contribution in [0, 0.1) is 10.1 Å². The number of hydrazone groups is 1. The maximum atomic E-state index is 12.9. The highest BCUT2D eigenvalue weighted by atomic mass is 19.4. The molecule has 0 amide bonds. The minimum absolute atomic E-state index is 0.00783. The average molecular weight is 479 g/mol. The number of halogens is 3. The predicted molar refractivity (Wildman–Crippen MR) is 127 cm³/mol. The maximum absolute atomic E-state index is 12.9. The Labute approximate surface area is 196 Å². The van der Waals surface area contributed by atoms with E-state index in [2.05, 4.69) is 43.1 Å². The summed E-state index contributed by atoms with van der Waals surface area (Å²) in [5.74, 6) is 0.873. The lowest BCUT2D eigenvalue weighted by Crippen LogP contribution is -2.48. The molecule has 0 aliphatic carbocycles. The zero-order valence-corrected chi connectivity index (χ0v) is 19.9. The van der Waals surface area contributed by atoms with Crippen LogP contribution in [-0.4, -0.2) is 30.3 Å². The zero-order chi connectivity index (χ0) is 25.3. The lowest BCUT2D eigenvalue weighted by molar-refractivity contribution is -0.384. The van der Waals surface area contributed by atoms with Crippen LogP contribution in [0.1, 0.15) is 63.1 Å². The van der Waals surface area contributed by atoms with Gasteiger partial charge in [0.15, 0.2) is 0 Å². The van der Waals surface area contributed by atoms with E-state index in [1.807, 2.05) is 12.1 Å². The highest BCUT2D eigenvalue weighted by molar-refractivity contribution is 5.87. The Morgan fingerprint density at radius 2 is 2.03 bits per heavy atom. The van der Waals surface area contributed by atoms with Crippen molar-refractivity contribution in [2.75, 3.05) is 24.0 Å². The van der Waals surface area contributed by atoms with Crippen LogP contribution in [-0.2, 0) is 6.18 Å².